The molecule has 4 atom stereocenters. The Bertz CT molecular complexity index is 390. The van der Waals surface area contributed by atoms with E-state index in [1.54, 1.807) is 6.08 Å². The van der Waals surface area contributed by atoms with E-state index in [2.05, 4.69) is 116 Å². The number of rotatable bonds is 9. The molecule has 0 radical (unpaired) electrons. The van der Waals surface area contributed by atoms with Gasteiger partial charge in [0.05, 0.1) is 0 Å². The summed E-state index contributed by atoms with van der Waals surface area (Å²) in [5, 5.41) is 0. The molecule has 0 N–H and O–H groups in total. The molecule has 0 aliphatic heterocycles. The summed E-state index contributed by atoms with van der Waals surface area (Å²) < 4.78 is 0. The molecule has 230 valence electrons. The van der Waals surface area contributed by atoms with E-state index in [9.17, 15) is 0 Å². The van der Waals surface area contributed by atoms with Crippen molar-refractivity contribution in [2.45, 2.75) is 171 Å². The van der Waals surface area contributed by atoms with Crippen molar-refractivity contribution < 1.29 is 0 Å². The van der Waals surface area contributed by atoms with Crippen molar-refractivity contribution >= 4 is 0 Å². The van der Waals surface area contributed by atoms with Crippen LogP contribution in [0.3, 0.4) is 0 Å². The van der Waals surface area contributed by atoms with E-state index in [1.807, 2.05) is 41.5 Å². The maximum Gasteiger partial charge on any atom is -0.0389 e. The van der Waals surface area contributed by atoms with Crippen LogP contribution in [0.15, 0.2) is 36.5 Å². The molecule has 0 aliphatic carbocycles. The van der Waals surface area contributed by atoms with Gasteiger partial charge in [-0.3, -0.25) is 0 Å². The second-order valence-corrected chi connectivity index (χ2v) is 10.6. The van der Waals surface area contributed by atoms with E-state index >= 15 is 0 Å². The number of allylic oxidation sites excluding steroid dienone is 4. The summed E-state index contributed by atoms with van der Waals surface area (Å²) in [5.74, 6) is 5.35. The van der Waals surface area contributed by atoms with Gasteiger partial charge in [0.25, 0.3) is 0 Å². The molecule has 0 spiro atoms. The molecule has 0 aromatic heterocycles. The molecule has 0 fully saturated rings. The first-order chi connectivity index (χ1) is 17.2. The zero-order valence-corrected chi connectivity index (χ0v) is 30.6. The van der Waals surface area contributed by atoms with Crippen molar-refractivity contribution in [2.24, 2.45) is 35.5 Å². The third-order valence-corrected chi connectivity index (χ3v) is 7.05. The minimum absolute atomic E-state index is 0.880. The van der Waals surface area contributed by atoms with Crippen LogP contribution in [0.4, 0.5) is 0 Å². The zero-order chi connectivity index (χ0) is 31.6. The maximum atomic E-state index is 3.56. The zero-order valence-electron chi connectivity index (χ0n) is 30.6. The van der Waals surface area contributed by atoms with E-state index in [4.69, 9.17) is 0 Å². The summed E-state index contributed by atoms with van der Waals surface area (Å²) in [5.41, 5.74) is 2.40. The Kier molecular flexibility index (Phi) is 64.2. The maximum absolute atomic E-state index is 3.56. The number of hydrogen-bond acceptors (Lipinski definition) is 0. The van der Waals surface area contributed by atoms with Gasteiger partial charge in [-0.25, -0.2) is 0 Å². The second kappa shape index (κ2) is 45.2. The monoisotopic (exact) mass is 527 g/mol. The molecular formula is C37H82. The Morgan fingerprint density at radius 1 is 0.595 bits per heavy atom. The van der Waals surface area contributed by atoms with Crippen LogP contribution in [0.1, 0.15) is 171 Å². The lowest BCUT2D eigenvalue weighted by molar-refractivity contribution is 0.205. The van der Waals surface area contributed by atoms with Crippen LogP contribution in [0.2, 0.25) is 0 Å². The Morgan fingerprint density at radius 2 is 0.811 bits per heavy atom. The molecule has 1 unspecified atom stereocenters. The van der Waals surface area contributed by atoms with E-state index in [0.717, 1.165) is 41.1 Å². The molecule has 0 nitrogen and oxygen atoms in total. The quantitative estimate of drug-likeness (QED) is 0.207. The van der Waals surface area contributed by atoms with E-state index in [-0.39, 0.29) is 0 Å². The minimum Gasteiger partial charge on any atom is -0.0988 e. The smallest absolute Gasteiger partial charge is 0.0389 e. The highest BCUT2D eigenvalue weighted by Gasteiger charge is 2.21. The third kappa shape index (κ3) is 61.1. The first kappa shape index (κ1) is 52.6. The van der Waals surface area contributed by atoms with Gasteiger partial charge in [0.1, 0.15) is 0 Å². The fraction of sp³-hybridized carbons (Fsp3) is 0.838. The van der Waals surface area contributed by atoms with Gasteiger partial charge < -0.3 is 0 Å². The van der Waals surface area contributed by atoms with Gasteiger partial charge in [-0.2, -0.15) is 0 Å². The SMILES string of the molecule is C=CC(=C)C.CC.CC.CC=C(C)C.CCC(C)C.CCC(C)CC.CC[C@@H](C)[C@@H](C)C(C)[C@@H](C)CC. The van der Waals surface area contributed by atoms with Gasteiger partial charge in [-0.15, -0.1) is 0 Å². The van der Waals surface area contributed by atoms with Crippen molar-refractivity contribution in [2.75, 3.05) is 0 Å². The lowest BCUT2D eigenvalue weighted by Crippen LogP contribution is -2.21. The molecule has 0 saturated carbocycles. The van der Waals surface area contributed by atoms with Gasteiger partial charge in [0.15, 0.2) is 0 Å². The summed E-state index contributed by atoms with van der Waals surface area (Å²) in [6.45, 7) is 50.7. The van der Waals surface area contributed by atoms with Crippen LogP contribution in [-0.2, 0) is 0 Å². The van der Waals surface area contributed by atoms with Crippen LogP contribution in [0.25, 0.3) is 0 Å². The Balaban J connectivity index is -0.0000000620. The normalized spacial score (nSPS) is 12.1. The predicted octanol–water partition coefficient (Wildman–Crippen LogP) is 14.6. The number of hydrogen-bond donors (Lipinski definition) is 0. The molecule has 0 heterocycles. The lowest BCUT2D eigenvalue weighted by atomic mass is 9.77. The molecular weight excluding hydrogens is 444 g/mol. The van der Waals surface area contributed by atoms with Crippen molar-refractivity contribution in [3.63, 3.8) is 0 Å². The molecule has 0 rings (SSSR count). The Morgan fingerprint density at radius 3 is 0.865 bits per heavy atom. The highest BCUT2D eigenvalue weighted by molar-refractivity contribution is 5.05. The summed E-state index contributed by atoms with van der Waals surface area (Å²) in [6, 6.07) is 0. The molecule has 0 aromatic carbocycles. The third-order valence-electron chi connectivity index (χ3n) is 7.05. The highest BCUT2D eigenvalue weighted by atomic mass is 14.3. The summed E-state index contributed by atoms with van der Waals surface area (Å²) in [6.07, 6.45) is 10.4. The topological polar surface area (TPSA) is 0 Å². The highest BCUT2D eigenvalue weighted by Crippen LogP contribution is 2.29. The van der Waals surface area contributed by atoms with Crippen molar-refractivity contribution in [1.29, 1.82) is 0 Å². The predicted molar refractivity (Wildman–Crippen MR) is 185 cm³/mol. The average Bonchev–Trinajstić information content (AvgIpc) is 2.93. The van der Waals surface area contributed by atoms with Crippen molar-refractivity contribution in [3.05, 3.63) is 36.5 Å². The van der Waals surface area contributed by atoms with Gasteiger partial charge >= 0.3 is 0 Å². The minimum atomic E-state index is 0.880. The molecule has 0 amide bonds. The van der Waals surface area contributed by atoms with Gasteiger partial charge in [0, 0.05) is 0 Å². The van der Waals surface area contributed by atoms with Gasteiger partial charge in [-0.1, -0.05) is 179 Å². The van der Waals surface area contributed by atoms with Crippen molar-refractivity contribution in [3.8, 4) is 0 Å². The van der Waals surface area contributed by atoms with E-state index < -0.39 is 0 Å². The van der Waals surface area contributed by atoms with E-state index in [0.29, 0.717) is 0 Å². The average molecular weight is 527 g/mol. The first-order valence-corrected chi connectivity index (χ1v) is 16.0. The molecule has 37 heavy (non-hydrogen) atoms. The van der Waals surface area contributed by atoms with Crippen LogP contribution in [0.5, 0.6) is 0 Å². The first-order valence-electron chi connectivity index (χ1n) is 16.0. The molecule has 0 saturated heterocycles. The summed E-state index contributed by atoms with van der Waals surface area (Å²) >= 11 is 0. The largest absolute Gasteiger partial charge is 0.0988 e. The van der Waals surface area contributed by atoms with Crippen LogP contribution in [0, 0.1) is 35.5 Å². The lowest BCUT2D eigenvalue weighted by Gasteiger charge is -2.29. The summed E-state index contributed by atoms with van der Waals surface area (Å²) in [4.78, 5) is 0. The fourth-order valence-corrected chi connectivity index (χ4v) is 2.07. The Hall–Kier alpha value is -0.780. The van der Waals surface area contributed by atoms with Gasteiger partial charge in [0.2, 0.25) is 0 Å². The van der Waals surface area contributed by atoms with E-state index in [1.165, 1.54) is 37.7 Å². The molecule has 0 aliphatic rings. The van der Waals surface area contributed by atoms with Gasteiger partial charge in [-0.05, 0) is 63.2 Å². The molecule has 0 aromatic rings. The summed E-state index contributed by atoms with van der Waals surface area (Å²) in [7, 11) is 0. The molecule has 0 bridgehead atoms. The van der Waals surface area contributed by atoms with Crippen LogP contribution < -0.4 is 0 Å². The second-order valence-electron chi connectivity index (χ2n) is 10.6. The Labute approximate surface area is 242 Å². The standard InChI is InChI=1S/C12H26.C6H14.C5H12.C5H10.C5H8.2C2H6/c1-7-9(3)11(5)12(6)10(4)8-2;1-4-6(3)5-2;3*1-4-5(2)3;2*1-2/h9-12H,7-8H2,1-6H3;6H,4-5H2,1-3H3;5H,4H2,1-3H3;4H,1-3H3;4H,1-2H2,3H3;2*1-2H3/t9-,10+,11-,12?;;;;;;/m1....../s1. The van der Waals surface area contributed by atoms with Crippen molar-refractivity contribution in [1.82, 2.24) is 0 Å². The van der Waals surface area contributed by atoms with Crippen LogP contribution in [-0.4, -0.2) is 0 Å². The molecule has 0 heteroatoms. The fourth-order valence-electron chi connectivity index (χ4n) is 2.07. The van der Waals surface area contributed by atoms with Crippen LogP contribution >= 0.6 is 0 Å².